The summed E-state index contributed by atoms with van der Waals surface area (Å²) in [5.41, 5.74) is 1.15. The van der Waals surface area contributed by atoms with Crippen LogP contribution in [0.5, 0.6) is 11.5 Å². The van der Waals surface area contributed by atoms with Crippen molar-refractivity contribution in [2.24, 2.45) is 0 Å². The van der Waals surface area contributed by atoms with E-state index in [2.05, 4.69) is 10.2 Å². The van der Waals surface area contributed by atoms with Crippen molar-refractivity contribution in [3.8, 4) is 11.5 Å². The second kappa shape index (κ2) is 9.49. The number of amides is 1. The summed E-state index contributed by atoms with van der Waals surface area (Å²) >= 11 is 0. The Balaban J connectivity index is 1.55. The highest BCUT2D eigenvalue weighted by Gasteiger charge is 2.24. The van der Waals surface area contributed by atoms with Gasteiger partial charge in [0.05, 0.1) is 10.6 Å². The lowest BCUT2D eigenvalue weighted by Crippen LogP contribution is -2.44. The van der Waals surface area contributed by atoms with Crippen molar-refractivity contribution in [2.45, 2.75) is 0 Å². The summed E-state index contributed by atoms with van der Waals surface area (Å²) in [6.07, 6.45) is 0. The Kier molecular flexibility index (Phi) is 6.32. The Morgan fingerprint density at radius 3 is 2.38 bits per heavy atom. The predicted molar refractivity (Wildman–Crippen MR) is 124 cm³/mol. The van der Waals surface area contributed by atoms with Crippen LogP contribution in [0.1, 0.15) is 10.4 Å². The van der Waals surface area contributed by atoms with E-state index in [9.17, 15) is 14.9 Å². The second-order valence-electron chi connectivity index (χ2n) is 7.62. The molecule has 0 aromatic heterocycles. The van der Waals surface area contributed by atoms with Gasteiger partial charge in [-0.2, -0.15) is 0 Å². The first-order valence-electron chi connectivity index (χ1n) is 10.4. The number of nitro groups is 1. The number of hydrogen-bond acceptors (Lipinski definition) is 6. The van der Waals surface area contributed by atoms with Crippen LogP contribution in [0.4, 0.5) is 17.1 Å². The molecule has 0 aliphatic carbocycles. The SMILES string of the molecule is CN1CCN(c2ccc(C(=O)Nc3ccccc3Oc3ccccc3)cc2[N+](=O)[O-])CC1. The van der Waals surface area contributed by atoms with Gasteiger partial charge in [-0.05, 0) is 43.4 Å². The minimum atomic E-state index is -0.442. The van der Waals surface area contributed by atoms with Gasteiger partial charge in [0.1, 0.15) is 11.4 Å². The first-order chi connectivity index (χ1) is 15.5. The zero-order valence-electron chi connectivity index (χ0n) is 17.7. The van der Waals surface area contributed by atoms with E-state index in [0.717, 1.165) is 13.1 Å². The highest BCUT2D eigenvalue weighted by atomic mass is 16.6. The normalized spacial score (nSPS) is 14.1. The molecule has 1 amide bonds. The van der Waals surface area contributed by atoms with Gasteiger partial charge in [-0.25, -0.2) is 0 Å². The number of benzene rings is 3. The monoisotopic (exact) mass is 432 g/mol. The summed E-state index contributed by atoms with van der Waals surface area (Å²) in [7, 11) is 2.03. The molecule has 4 rings (SSSR count). The predicted octanol–water partition coefficient (Wildman–Crippen LogP) is 4.39. The summed E-state index contributed by atoms with van der Waals surface area (Å²) < 4.78 is 5.88. The highest BCUT2D eigenvalue weighted by molar-refractivity contribution is 6.05. The number of ether oxygens (including phenoxy) is 1. The number of nitro benzene ring substituents is 1. The smallest absolute Gasteiger partial charge is 0.293 e. The van der Waals surface area contributed by atoms with E-state index < -0.39 is 10.8 Å². The van der Waals surface area contributed by atoms with Crippen molar-refractivity contribution >= 4 is 23.0 Å². The fourth-order valence-electron chi connectivity index (χ4n) is 3.59. The van der Waals surface area contributed by atoms with Crippen molar-refractivity contribution in [3.63, 3.8) is 0 Å². The first kappa shape index (κ1) is 21.3. The van der Waals surface area contributed by atoms with E-state index >= 15 is 0 Å². The molecule has 1 heterocycles. The first-order valence-corrected chi connectivity index (χ1v) is 10.4. The molecule has 1 N–H and O–H groups in total. The van der Waals surface area contributed by atoms with Gasteiger partial charge in [0.2, 0.25) is 0 Å². The number of hydrogen-bond donors (Lipinski definition) is 1. The zero-order chi connectivity index (χ0) is 22.5. The average molecular weight is 432 g/mol. The van der Waals surface area contributed by atoms with Crippen LogP contribution in [0.15, 0.2) is 72.8 Å². The maximum Gasteiger partial charge on any atom is 0.293 e. The molecule has 0 radical (unpaired) electrons. The summed E-state index contributed by atoms with van der Waals surface area (Å²) in [5, 5.41) is 14.5. The Morgan fingerprint density at radius 2 is 1.66 bits per heavy atom. The van der Waals surface area contributed by atoms with Crippen LogP contribution in [0.25, 0.3) is 0 Å². The van der Waals surface area contributed by atoms with Gasteiger partial charge in [0.15, 0.2) is 5.75 Å². The largest absolute Gasteiger partial charge is 0.455 e. The van der Waals surface area contributed by atoms with Crippen molar-refractivity contribution in [1.29, 1.82) is 0 Å². The van der Waals surface area contributed by atoms with Crippen LogP contribution < -0.4 is 15.0 Å². The molecular formula is C24H24N4O4. The quantitative estimate of drug-likeness (QED) is 0.459. The minimum absolute atomic E-state index is 0.0731. The lowest BCUT2D eigenvalue weighted by molar-refractivity contribution is -0.384. The average Bonchev–Trinajstić information content (AvgIpc) is 2.81. The van der Waals surface area contributed by atoms with Crippen molar-refractivity contribution < 1.29 is 14.5 Å². The molecule has 0 unspecified atom stereocenters. The van der Waals surface area contributed by atoms with Gasteiger partial charge in [0, 0.05) is 37.8 Å². The molecule has 1 fully saturated rings. The Labute approximate surface area is 186 Å². The minimum Gasteiger partial charge on any atom is -0.455 e. The molecule has 0 spiro atoms. The highest BCUT2D eigenvalue weighted by Crippen LogP contribution is 2.32. The molecule has 3 aromatic carbocycles. The van der Waals surface area contributed by atoms with E-state index in [1.165, 1.54) is 6.07 Å². The molecular weight excluding hydrogens is 408 g/mol. The third-order valence-corrected chi connectivity index (χ3v) is 5.38. The molecule has 8 heteroatoms. The number of rotatable bonds is 6. The van der Waals surface area contributed by atoms with Crippen LogP contribution in [0.2, 0.25) is 0 Å². The van der Waals surface area contributed by atoms with E-state index in [-0.39, 0.29) is 11.3 Å². The van der Waals surface area contributed by atoms with Crippen LogP contribution in [0, 0.1) is 10.1 Å². The number of nitrogens with one attached hydrogen (secondary N) is 1. The van der Waals surface area contributed by atoms with Crippen LogP contribution in [-0.4, -0.2) is 49.0 Å². The van der Waals surface area contributed by atoms with E-state index in [1.54, 1.807) is 30.3 Å². The van der Waals surface area contributed by atoms with Crippen LogP contribution in [-0.2, 0) is 0 Å². The molecule has 0 bridgehead atoms. The maximum absolute atomic E-state index is 12.9. The topological polar surface area (TPSA) is 88.0 Å². The summed E-state index contributed by atoms with van der Waals surface area (Å²) in [6.45, 7) is 3.06. The molecule has 3 aromatic rings. The van der Waals surface area contributed by atoms with Crippen LogP contribution >= 0.6 is 0 Å². The van der Waals surface area contributed by atoms with Crippen molar-refractivity contribution in [2.75, 3.05) is 43.4 Å². The molecule has 0 saturated carbocycles. The van der Waals surface area contributed by atoms with Gasteiger partial charge in [0.25, 0.3) is 11.6 Å². The van der Waals surface area contributed by atoms with Crippen molar-refractivity contribution in [3.05, 3.63) is 88.5 Å². The number of carbonyl (C=O) groups excluding carboxylic acids is 1. The molecule has 164 valence electrons. The third kappa shape index (κ3) is 4.87. The van der Waals surface area contributed by atoms with E-state index in [1.807, 2.05) is 48.3 Å². The van der Waals surface area contributed by atoms with Gasteiger partial charge in [-0.15, -0.1) is 0 Å². The summed E-state index contributed by atoms with van der Waals surface area (Å²) in [5.74, 6) is 0.680. The lowest BCUT2D eigenvalue weighted by Gasteiger charge is -2.33. The number of piperazine rings is 1. The van der Waals surface area contributed by atoms with Gasteiger partial charge >= 0.3 is 0 Å². The molecule has 1 saturated heterocycles. The van der Waals surface area contributed by atoms with Gasteiger partial charge in [-0.1, -0.05) is 30.3 Å². The molecule has 1 aliphatic rings. The van der Waals surface area contributed by atoms with Crippen molar-refractivity contribution in [1.82, 2.24) is 4.90 Å². The summed E-state index contributed by atoms with van der Waals surface area (Å²) in [4.78, 5) is 28.4. The number of anilines is 2. The van der Waals surface area contributed by atoms with E-state index in [0.29, 0.717) is 36.0 Å². The molecule has 32 heavy (non-hydrogen) atoms. The van der Waals surface area contributed by atoms with Gasteiger partial charge < -0.3 is 19.9 Å². The molecule has 1 aliphatic heterocycles. The number of nitrogens with zero attached hydrogens (tertiary/aromatic N) is 3. The molecule has 8 nitrogen and oxygen atoms in total. The van der Waals surface area contributed by atoms with E-state index in [4.69, 9.17) is 4.74 Å². The molecule has 0 atom stereocenters. The third-order valence-electron chi connectivity index (χ3n) is 5.38. The second-order valence-corrected chi connectivity index (χ2v) is 7.62. The summed E-state index contributed by atoms with van der Waals surface area (Å²) in [6, 6.07) is 20.9. The zero-order valence-corrected chi connectivity index (χ0v) is 17.7. The standard InChI is InChI=1S/C24H24N4O4/c1-26-13-15-27(16-14-26)21-12-11-18(17-22(21)28(30)31)24(29)25-20-9-5-6-10-23(20)32-19-7-3-2-4-8-19/h2-12,17H,13-16H2,1H3,(H,25,29). The fourth-order valence-corrected chi connectivity index (χ4v) is 3.59. The number of carbonyl (C=O) groups is 1. The van der Waals surface area contributed by atoms with Crippen LogP contribution in [0.3, 0.4) is 0 Å². The van der Waals surface area contributed by atoms with Gasteiger partial charge in [-0.3, -0.25) is 14.9 Å². The number of likely N-dealkylation sites (N-methyl/N-ethyl adjacent to an activating group) is 1. The Hall–Kier alpha value is -3.91. The Morgan fingerprint density at radius 1 is 0.969 bits per heavy atom. The Bertz CT molecular complexity index is 1110. The lowest BCUT2D eigenvalue weighted by atomic mass is 10.1. The number of para-hydroxylation sites is 3. The fraction of sp³-hybridized carbons (Fsp3) is 0.208. The maximum atomic E-state index is 12.9.